The number of nitrogens with zero attached hydrogens (tertiary/aromatic N) is 2. The molecule has 158 valence electrons. The van der Waals surface area contributed by atoms with Gasteiger partial charge in [0.15, 0.2) is 0 Å². The minimum absolute atomic E-state index is 0.00517. The van der Waals surface area contributed by atoms with Crippen LogP contribution in [-0.2, 0) is 11.2 Å². The van der Waals surface area contributed by atoms with E-state index in [1.165, 1.54) is 6.07 Å². The molecule has 0 spiro atoms. The zero-order valence-electron chi connectivity index (χ0n) is 17.0. The first kappa shape index (κ1) is 21.3. The van der Waals surface area contributed by atoms with Gasteiger partial charge in [-0.2, -0.15) is 0 Å². The number of hydrogen-bond donors (Lipinski definition) is 2. The number of hydrogen-bond acceptors (Lipinski definition) is 4. The first-order valence-electron chi connectivity index (χ1n) is 10.0. The molecular formula is C22H26N4O4. The first-order valence-corrected chi connectivity index (χ1v) is 10.0. The Labute approximate surface area is 175 Å². The number of amides is 3. The number of urea groups is 1. The number of nitro benzene ring substituents is 1. The summed E-state index contributed by atoms with van der Waals surface area (Å²) in [4.78, 5) is 37.3. The van der Waals surface area contributed by atoms with Gasteiger partial charge >= 0.3 is 6.03 Å². The molecule has 2 aromatic carbocycles. The lowest BCUT2D eigenvalue weighted by Crippen LogP contribution is -2.44. The van der Waals surface area contributed by atoms with Crippen molar-refractivity contribution in [3.05, 3.63) is 69.8 Å². The van der Waals surface area contributed by atoms with Gasteiger partial charge in [0.1, 0.15) is 0 Å². The standard InChI is InChI=1S/C22H26N4O4/c1-16-8-10-19(11-9-16)24-22(28)23-14-17-5-4-12-25(15-17)21(27)13-18-6-2-3-7-20(18)26(29)30/h2-3,6-11,17H,4-5,12-15H2,1H3,(H2,23,24,28). The molecule has 0 bridgehead atoms. The molecule has 8 heteroatoms. The molecule has 1 fully saturated rings. The lowest BCUT2D eigenvalue weighted by atomic mass is 9.97. The van der Waals surface area contributed by atoms with Gasteiger partial charge in [-0.1, -0.05) is 35.9 Å². The zero-order chi connectivity index (χ0) is 21.5. The number of piperidine rings is 1. The fourth-order valence-corrected chi connectivity index (χ4v) is 3.62. The van der Waals surface area contributed by atoms with E-state index >= 15 is 0 Å². The highest BCUT2D eigenvalue weighted by Crippen LogP contribution is 2.21. The van der Waals surface area contributed by atoms with Crippen LogP contribution in [0.25, 0.3) is 0 Å². The van der Waals surface area contributed by atoms with Crippen LogP contribution in [0.2, 0.25) is 0 Å². The molecular weight excluding hydrogens is 384 g/mol. The summed E-state index contributed by atoms with van der Waals surface area (Å²) in [6.45, 7) is 3.61. The normalized spacial score (nSPS) is 16.0. The third kappa shape index (κ3) is 5.79. The largest absolute Gasteiger partial charge is 0.342 e. The highest BCUT2D eigenvalue weighted by atomic mass is 16.6. The van der Waals surface area contributed by atoms with Crippen LogP contribution >= 0.6 is 0 Å². The van der Waals surface area contributed by atoms with Crippen LogP contribution in [0.15, 0.2) is 48.5 Å². The Kier molecular flexibility index (Phi) is 7.00. The summed E-state index contributed by atoms with van der Waals surface area (Å²) in [5.41, 5.74) is 2.23. The summed E-state index contributed by atoms with van der Waals surface area (Å²) < 4.78 is 0. The minimum Gasteiger partial charge on any atom is -0.342 e. The molecule has 0 radical (unpaired) electrons. The molecule has 0 saturated carbocycles. The fraction of sp³-hybridized carbons (Fsp3) is 0.364. The summed E-state index contributed by atoms with van der Waals surface area (Å²) >= 11 is 0. The number of nitrogens with one attached hydrogen (secondary N) is 2. The Hall–Kier alpha value is -3.42. The second kappa shape index (κ2) is 9.87. The van der Waals surface area contributed by atoms with Crippen LogP contribution in [0, 0.1) is 23.0 Å². The summed E-state index contributed by atoms with van der Waals surface area (Å²) in [7, 11) is 0. The predicted octanol–water partition coefficient (Wildman–Crippen LogP) is 3.51. The van der Waals surface area contributed by atoms with Crippen molar-refractivity contribution < 1.29 is 14.5 Å². The van der Waals surface area contributed by atoms with Crippen LogP contribution in [0.5, 0.6) is 0 Å². The first-order chi connectivity index (χ1) is 14.4. The van der Waals surface area contributed by atoms with E-state index in [0.29, 0.717) is 25.2 Å². The topological polar surface area (TPSA) is 105 Å². The van der Waals surface area contributed by atoms with Crippen LogP contribution in [0.3, 0.4) is 0 Å². The van der Waals surface area contributed by atoms with Crippen LogP contribution in [0.1, 0.15) is 24.0 Å². The van der Waals surface area contributed by atoms with Gasteiger partial charge in [0, 0.05) is 37.0 Å². The number of nitro groups is 1. The van der Waals surface area contributed by atoms with Crippen molar-refractivity contribution in [1.82, 2.24) is 10.2 Å². The Balaban J connectivity index is 1.50. The van der Waals surface area contributed by atoms with Crippen molar-refractivity contribution >= 4 is 23.3 Å². The van der Waals surface area contributed by atoms with E-state index in [1.807, 2.05) is 31.2 Å². The molecule has 30 heavy (non-hydrogen) atoms. The Morgan fingerprint density at radius 3 is 2.63 bits per heavy atom. The smallest absolute Gasteiger partial charge is 0.319 e. The van der Waals surface area contributed by atoms with Crippen LogP contribution in [0.4, 0.5) is 16.2 Å². The number of carbonyl (C=O) groups is 2. The highest BCUT2D eigenvalue weighted by molar-refractivity contribution is 5.89. The lowest BCUT2D eigenvalue weighted by Gasteiger charge is -2.33. The molecule has 1 aliphatic rings. The van der Waals surface area contributed by atoms with Gasteiger partial charge in [-0.05, 0) is 37.8 Å². The maximum atomic E-state index is 12.7. The number of anilines is 1. The van der Waals surface area contributed by atoms with Crippen molar-refractivity contribution in [2.24, 2.45) is 5.92 Å². The number of aryl methyl sites for hydroxylation is 1. The van der Waals surface area contributed by atoms with E-state index in [2.05, 4.69) is 10.6 Å². The molecule has 0 aromatic heterocycles. The molecule has 2 aromatic rings. The van der Waals surface area contributed by atoms with Crippen molar-refractivity contribution in [3.8, 4) is 0 Å². The SMILES string of the molecule is Cc1ccc(NC(=O)NCC2CCCN(C(=O)Cc3ccccc3[N+](=O)[O-])C2)cc1. The maximum absolute atomic E-state index is 12.7. The molecule has 0 aliphatic carbocycles. The second-order valence-corrected chi connectivity index (χ2v) is 7.61. The van der Waals surface area contributed by atoms with E-state index < -0.39 is 4.92 Å². The van der Waals surface area contributed by atoms with E-state index in [9.17, 15) is 19.7 Å². The molecule has 2 N–H and O–H groups in total. The third-order valence-corrected chi connectivity index (χ3v) is 5.26. The monoisotopic (exact) mass is 410 g/mol. The van der Waals surface area contributed by atoms with E-state index in [0.717, 1.165) is 24.1 Å². The number of para-hydroxylation sites is 1. The molecule has 1 saturated heterocycles. The molecule has 1 aliphatic heterocycles. The van der Waals surface area contributed by atoms with Gasteiger partial charge in [0.05, 0.1) is 11.3 Å². The van der Waals surface area contributed by atoms with Gasteiger partial charge in [-0.25, -0.2) is 4.79 Å². The average molecular weight is 410 g/mol. The number of benzene rings is 2. The molecule has 8 nitrogen and oxygen atoms in total. The Bertz CT molecular complexity index is 914. The predicted molar refractivity (Wildman–Crippen MR) is 114 cm³/mol. The summed E-state index contributed by atoms with van der Waals surface area (Å²) in [6, 6.07) is 13.6. The van der Waals surface area contributed by atoms with Gasteiger partial charge in [-0.15, -0.1) is 0 Å². The fourth-order valence-electron chi connectivity index (χ4n) is 3.62. The Morgan fingerprint density at radius 2 is 1.90 bits per heavy atom. The molecule has 1 unspecified atom stereocenters. The maximum Gasteiger partial charge on any atom is 0.319 e. The molecule has 3 amide bonds. The molecule has 3 rings (SSSR count). The van der Waals surface area contributed by atoms with E-state index in [-0.39, 0.29) is 30.0 Å². The van der Waals surface area contributed by atoms with Gasteiger partial charge < -0.3 is 15.5 Å². The highest BCUT2D eigenvalue weighted by Gasteiger charge is 2.25. The van der Waals surface area contributed by atoms with Gasteiger partial charge in [0.2, 0.25) is 5.91 Å². The quantitative estimate of drug-likeness (QED) is 0.562. The van der Waals surface area contributed by atoms with Crippen molar-refractivity contribution in [3.63, 3.8) is 0 Å². The lowest BCUT2D eigenvalue weighted by molar-refractivity contribution is -0.385. The summed E-state index contributed by atoms with van der Waals surface area (Å²) in [5.74, 6) is 0.0235. The Morgan fingerprint density at radius 1 is 1.17 bits per heavy atom. The second-order valence-electron chi connectivity index (χ2n) is 7.61. The van der Waals surface area contributed by atoms with Gasteiger partial charge in [0.25, 0.3) is 5.69 Å². The minimum atomic E-state index is -0.460. The average Bonchev–Trinajstić information content (AvgIpc) is 2.74. The zero-order valence-corrected chi connectivity index (χ0v) is 17.0. The van der Waals surface area contributed by atoms with Crippen LogP contribution in [-0.4, -0.2) is 41.4 Å². The number of rotatable bonds is 6. The van der Waals surface area contributed by atoms with Crippen LogP contribution < -0.4 is 10.6 Å². The molecule has 1 atom stereocenters. The van der Waals surface area contributed by atoms with Gasteiger partial charge in [-0.3, -0.25) is 14.9 Å². The van der Waals surface area contributed by atoms with Crippen molar-refractivity contribution in [2.45, 2.75) is 26.2 Å². The van der Waals surface area contributed by atoms with E-state index in [4.69, 9.17) is 0 Å². The third-order valence-electron chi connectivity index (χ3n) is 5.26. The van der Waals surface area contributed by atoms with Crippen molar-refractivity contribution in [2.75, 3.05) is 25.0 Å². The summed E-state index contributed by atoms with van der Waals surface area (Å²) in [5, 5.41) is 16.8. The van der Waals surface area contributed by atoms with Crippen molar-refractivity contribution in [1.29, 1.82) is 0 Å². The number of carbonyl (C=O) groups excluding carboxylic acids is 2. The molecule has 1 heterocycles. The van der Waals surface area contributed by atoms with E-state index in [1.54, 1.807) is 23.1 Å². The summed E-state index contributed by atoms with van der Waals surface area (Å²) in [6.07, 6.45) is 1.76. The number of likely N-dealkylation sites (tertiary alicyclic amines) is 1.